The van der Waals surface area contributed by atoms with Crippen LogP contribution in [0.4, 0.5) is 5.69 Å². The minimum absolute atomic E-state index is 0.189. The molecule has 27 heavy (non-hydrogen) atoms. The van der Waals surface area contributed by atoms with E-state index in [4.69, 9.17) is 10.1 Å². The molecule has 1 unspecified atom stereocenters. The number of rotatable bonds is 5. The molecule has 0 amide bonds. The number of hydrogen-bond acceptors (Lipinski definition) is 3. The van der Waals surface area contributed by atoms with E-state index in [1.807, 2.05) is 85.8 Å². The van der Waals surface area contributed by atoms with Crippen molar-refractivity contribution in [2.45, 2.75) is 20.0 Å². The van der Waals surface area contributed by atoms with E-state index in [1.54, 1.807) is 14.0 Å². The molecule has 3 nitrogen and oxygen atoms in total. The van der Waals surface area contributed by atoms with Crippen LogP contribution in [0.25, 0.3) is 0 Å². The van der Waals surface area contributed by atoms with E-state index >= 15 is 0 Å². The van der Waals surface area contributed by atoms with Gasteiger partial charge in [0.2, 0.25) is 0 Å². The Bertz CT molecular complexity index is 843. The van der Waals surface area contributed by atoms with Crippen LogP contribution in [0.5, 0.6) is 0 Å². The van der Waals surface area contributed by atoms with Gasteiger partial charge in [0.1, 0.15) is 6.10 Å². The zero-order chi connectivity index (χ0) is 19.5. The van der Waals surface area contributed by atoms with Gasteiger partial charge in [0, 0.05) is 18.5 Å². The van der Waals surface area contributed by atoms with E-state index in [-0.39, 0.29) is 6.10 Å². The Morgan fingerprint density at radius 3 is 1.74 bits per heavy atom. The summed E-state index contributed by atoms with van der Waals surface area (Å²) >= 11 is 0. The molecule has 0 radical (unpaired) electrons. The highest BCUT2D eigenvalue weighted by atomic mass is 16.5. The molecule has 0 spiro atoms. The molecule has 0 fully saturated rings. The number of methoxy groups -OCH3 is 1. The van der Waals surface area contributed by atoms with Crippen LogP contribution in [0, 0.1) is 5.41 Å². The van der Waals surface area contributed by atoms with Crippen molar-refractivity contribution in [3.8, 4) is 0 Å². The van der Waals surface area contributed by atoms with Crippen molar-refractivity contribution in [1.82, 2.24) is 0 Å². The fourth-order valence-corrected chi connectivity index (χ4v) is 2.63. The smallest absolute Gasteiger partial charge is 0.119 e. The van der Waals surface area contributed by atoms with Crippen molar-refractivity contribution in [3.05, 3.63) is 102 Å². The van der Waals surface area contributed by atoms with Gasteiger partial charge in [-0.25, -0.2) is 0 Å². The molecule has 3 aromatic rings. The van der Waals surface area contributed by atoms with E-state index in [0.717, 1.165) is 17.0 Å². The Kier molecular flexibility index (Phi) is 8.14. The lowest BCUT2D eigenvalue weighted by Gasteiger charge is -2.13. The summed E-state index contributed by atoms with van der Waals surface area (Å²) < 4.78 is 5.17. The third-order valence-electron chi connectivity index (χ3n) is 3.98. The second-order valence-corrected chi connectivity index (χ2v) is 6.11. The fraction of sp³-hybridized carbons (Fsp3) is 0.167. The lowest BCUT2D eigenvalue weighted by molar-refractivity contribution is 0.156. The molecule has 0 bridgehead atoms. The summed E-state index contributed by atoms with van der Waals surface area (Å²) in [6.45, 7) is 3.78. The zero-order valence-corrected chi connectivity index (χ0v) is 16.1. The first kappa shape index (κ1) is 20.3. The average molecular weight is 359 g/mol. The molecule has 1 N–H and O–H groups in total. The minimum atomic E-state index is -0.189. The summed E-state index contributed by atoms with van der Waals surface area (Å²) in [6, 6.07) is 30.0. The standard InChI is InChI=1S/C14H13N.C10H13NO/c1-12(13-8-4-2-5-9-13)15-14-10-6-3-7-11-14;1-8(11)10(12-2)9-6-4-3-5-7-9/h2-11H,1H3;3-7,10-11H,1-2H3/i15+1;. The van der Waals surface area contributed by atoms with Crippen LogP contribution >= 0.6 is 0 Å². The van der Waals surface area contributed by atoms with Gasteiger partial charge in [-0.2, -0.15) is 0 Å². The van der Waals surface area contributed by atoms with Gasteiger partial charge < -0.3 is 10.1 Å². The van der Waals surface area contributed by atoms with Crippen LogP contribution in [-0.2, 0) is 4.74 Å². The molecule has 0 aliphatic heterocycles. The van der Waals surface area contributed by atoms with E-state index in [1.165, 1.54) is 5.56 Å². The van der Waals surface area contributed by atoms with Crippen LogP contribution in [0.1, 0.15) is 31.1 Å². The number of benzene rings is 3. The van der Waals surface area contributed by atoms with Gasteiger partial charge in [0.05, 0.1) is 5.69 Å². The normalized spacial score (nSPS) is 11.9. The van der Waals surface area contributed by atoms with Gasteiger partial charge >= 0.3 is 0 Å². The number of nitrogens with zero attached hydrogens (tertiary/aromatic N) is 1. The Morgan fingerprint density at radius 2 is 1.26 bits per heavy atom. The Hall–Kier alpha value is -3.04. The quantitative estimate of drug-likeness (QED) is 0.425. The highest BCUT2D eigenvalue weighted by molar-refractivity contribution is 6.00. The van der Waals surface area contributed by atoms with Crippen LogP contribution < -0.4 is 0 Å². The molecule has 138 valence electrons. The van der Waals surface area contributed by atoms with Gasteiger partial charge in [-0.1, -0.05) is 78.9 Å². The first-order chi connectivity index (χ1) is 13.1. The summed E-state index contributed by atoms with van der Waals surface area (Å²) in [5, 5.41) is 7.46. The summed E-state index contributed by atoms with van der Waals surface area (Å²) in [5.41, 5.74) is 4.78. The highest BCUT2D eigenvalue weighted by Gasteiger charge is 2.10. The second kappa shape index (κ2) is 10.8. The van der Waals surface area contributed by atoms with Crippen molar-refractivity contribution in [1.29, 1.82) is 5.41 Å². The summed E-state index contributed by atoms with van der Waals surface area (Å²) in [7, 11) is 1.62. The van der Waals surface area contributed by atoms with E-state index < -0.39 is 0 Å². The monoisotopic (exact) mass is 359 g/mol. The molecular weight excluding hydrogens is 333 g/mol. The predicted octanol–water partition coefficient (Wildman–Crippen LogP) is 6.24. The fourth-order valence-electron chi connectivity index (χ4n) is 2.63. The molecular formula is C24H26N2O. The number of para-hydroxylation sites is 1. The van der Waals surface area contributed by atoms with Gasteiger partial charge in [0.15, 0.2) is 0 Å². The first-order valence-corrected chi connectivity index (χ1v) is 8.90. The predicted molar refractivity (Wildman–Crippen MR) is 114 cm³/mol. The Labute approximate surface area is 161 Å². The Morgan fingerprint density at radius 1 is 0.778 bits per heavy atom. The van der Waals surface area contributed by atoms with Crippen LogP contribution in [-0.4, -0.2) is 18.5 Å². The van der Waals surface area contributed by atoms with Gasteiger partial charge in [-0.15, -0.1) is 0 Å². The molecule has 1 atom stereocenters. The zero-order valence-electron chi connectivity index (χ0n) is 16.1. The maximum Gasteiger partial charge on any atom is 0.119 e. The number of ether oxygens (including phenoxy) is 1. The summed E-state index contributed by atoms with van der Waals surface area (Å²) in [6.07, 6.45) is -0.189. The van der Waals surface area contributed by atoms with Crippen molar-refractivity contribution in [2.75, 3.05) is 7.11 Å². The van der Waals surface area contributed by atoms with E-state index in [0.29, 0.717) is 5.71 Å². The molecule has 0 aliphatic carbocycles. The van der Waals surface area contributed by atoms with Crippen molar-refractivity contribution in [3.63, 3.8) is 0 Å². The van der Waals surface area contributed by atoms with Gasteiger partial charge in [-0.05, 0) is 37.1 Å². The average Bonchev–Trinajstić information content (AvgIpc) is 2.71. The van der Waals surface area contributed by atoms with Gasteiger partial charge in [-0.3, -0.25) is 4.99 Å². The van der Waals surface area contributed by atoms with E-state index in [9.17, 15) is 0 Å². The SMILES string of the molecule is CC(=[15N]c1ccccc1)c1ccccc1.COC(C(C)=N)c1ccccc1. The molecule has 0 aliphatic rings. The maximum atomic E-state index is 7.46. The van der Waals surface area contributed by atoms with Crippen molar-refractivity contribution in [2.24, 2.45) is 4.99 Å². The first-order valence-electron chi connectivity index (χ1n) is 8.90. The topological polar surface area (TPSA) is 45.4 Å². The molecule has 3 heteroatoms. The summed E-state index contributed by atoms with van der Waals surface area (Å²) in [4.78, 5) is 4.55. The highest BCUT2D eigenvalue weighted by Crippen LogP contribution is 2.16. The third kappa shape index (κ3) is 6.65. The number of nitrogens with one attached hydrogen (secondary N) is 1. The Balaban J connectivity index is 0.000000199. The van der Waals surface area contributed by atoms with Crippen LogP contribution in [0.3, 0.4) is 0 Å². The van der Waals surface area contributed by atoms with Crippen LogP contribution in [0.15, 0.2) is 96.0 Å². The minimum Gasteiger partial charge on any atom is -0.371 e. The molecule has 3 rings (SSSR count). The number of hydrogen-bond donors (Lipinski definition) is 1. The lowest BCUT2D eigenvalue weighted by Crippen LogP contribution is -2.09. The second-order valence-electron chi connectivity index (χ2n) is 6.11. The van der Waals surface area contributed by atoms with Crippen LogP contribution in [0.2, 0.25) is 0 Å². The molecule has 0 saturated heterocycles. The number of aliphatic imine (C=N–C) groups is 1. The summed E-state index contributed by atoms with van der Waals surface area (Å²) in [5.74, 6) is 0. The van der Waals surface area contributed by atoms with E-state index in [2.05, 4.69) is 17.1 Å². The molecule has 3 aromatic carbocycles. The molecule has 0 saturated carbocycles. The third-order valence-corrected chi connectivity index (χ3v) is 3.98. The molecule has 0 aromatic heterocycles. The largest absolute Gasteiger partial charge is 0.371 e. The lowest BCUT2D eigenvalue weighted by atomic mass is 10.1. The van der Waals surface area contributed by atoms with Crippen molar-refractivity contribution >= 4 is 17.1 Å². The molecule has 0 heterocycles. The van der Waals surface area contributed by atoms with Crippen molar-refractivity contribution < 1.29 is 4.74 Å². The maximum absolute atomic E-state index is 7.46. The van der Waals surface area contributed by atoms with Gasteiger partial charge in [0.25, 0.3) is 0 Å².